The van der Waals surface area contributed by atoms with E-state index in [1.165, 1.54) is 0 Å². The van der Waals surface area contributed by atoms with E-state index < -0.39 is 11.7 Å². The Hall–Kier alpha value is -0.780. The van der Waals surface area contributed by atoms with Gasteiger partial charge < -0.3 is 10.1 Å². The van der Waals surface area contributed by atoms with E-state index in [1.54, 1.807) is 26.8 Å². The van der Waals surface area contributed by atoms with Crippen LogP contribution in [-0.2, 0) is 4.74 Å². The number of carbonyl (C=O) groups excluding carboxylic acids is 2. The van der Waals surface area contributed by atoms with Crippen LogP contribution in [0.3, 0.4) is 0 Å². The maximum Gasteiger partial charge on any atom is 0.407 e. The molecular weight excluding hydrogens is 333 g/mol. The van der Waals surface area contributed by atoms with Crippen LogP contribution >= 0.6 is 34.5 Å². The number of alkyl carbamates (subject to hydrolysis) is 1. The van der Waals surface area contributed by atoms with Gasteiger partial charge in [-0.15, -0.1) is 11.3 Å². The topological polar surface area (TPSA) is 55.4 Å². The van der Waals surface area contributed by atoms with Crippen molar-refractivity contribution in [1.82, 2.24) is 5.32 Å². The molecule has 0 aliphatic heterocycles. The normalized spacial score (nSPS) is 12.9. The van der Waals surface area contributed by atoms with E-state index in [-0.39, 0.29) is 18.2 Å². The van der Waals surface area contributed by atoms with Crippen molar-refractivity contribution in [2.45, 2.75) is 52.2 Å². The molecular formula is C14H19Cl2NO3S. The first-order chi connectivity index (χ1) is 9.62. The number of amides is 1. The summed E-state index contributed by atoms with van der Waals surface area (Å²) in [4.78, 5) is 23.9. The molecule has 0 aliphatic carbocycles. The van der Waals surface area contributed by atoms with Crippen LogP contribution in [0.1, 0.15) is 50.9 Å². The van der Waals surface area contributed by atoms with E-state index in [1.807, 2.05) is 6.92 Å². The average molecular weight is 352 g/mol. The van der Waals surface area contributed by atoms with E-state index in [0.29, 0.717) is 20.7 Å². The zero-order valence-corrected chi connectivity index (χ0v) is 14.8. The second-order valence-electron chi connectivity index (χ2n) is 5.62. The van der Waals surface area contributed by atoms with Gasteiger partial charge in [0.05, 0.1) is 4.34 Å². The first-order valence-corrected chi connectivity index (χ1v) is 8.17. The van der Waals surface area contributed by atoms with E-state index >= 15 is 0 Å². The standard InChI is InChI=1S/C14H19Cl2NO3S/c1-5-8(17-13(19)20-14(2,3)4)6-10(18)9-7-11(15)21-12(9)16/h7-8H,5-6H2,1-4H3,(H,17,19). The highest BCUT2D eigenvalue weighted by Gasteiger charge is 2.22. The van der Waals surface area contributed by atoms with Crippen LogP contribution < -0.4 is 5.32 Å². The van der Waals surface area contributed by atoms with Crippen molar-refractivity contribution in [1.29, 1.82) is 0 Å². The van der Waals surface area contributed by atoms with Gasteiger partial charge in [-0.1, -0.05) is 30.1 Å². The Balaban J connectivity index is 2.64. The van der Waals surface area contributed by atoms with Crippen LogP contribution in [0.2, 0.25) is 8.67 Å². The predicted octanol–water partition coefficient (Wildman–Crippen LogP) is 4.93. The summed E-state index contributed by atoms with van der Waals surface area (Å²) in [5, 5.41) is 2.70. The second kappa shape index (κ2) is 7.47. The largest absolute Gasteiger partial charge is 0.444 e. The minimum atomic E-state index is -0.573. The number of Topliss-reactive ketones (excluding diaryl/α,β-unsaturated/α-hetero) is 1. The number of rotatable bonds is 5. The number of hydrogen-bond acceptors (Lipinski definition) is 4. The van der Waals surface area contributed by atoms with Crippen LogP contribution in [0, 0.1) is 0 Å². The van der Waals surface area contributed by atoms with Crippen molar-refractivity contribution in [3.05, 3.63) is 20.3 Å². The SMILES string of the molecule is CCC(CC(=O)c1cc(Cl)sc1Cl)NC(=O)OC(C)(C)C. The Morgan fingerprint density at radius 1 is 1.38 bits per heavy atom. The molecule has 0 aliphatic rings. The fraction of sp³-hybridized carbons (Fsp3) is 0.571. The van der Waals surface area contributed by atoms with Crippen LogP contribution in [-0.4, -0.2) is 23.5 Å². The Labute approximate surface area is 138 Å². The molecule has 7 heteroatoms. The summed E-state index contributed by atoms with van der Waals surface area (Å²) >= 11 is 12.9. The van der Waals surface area contributed by atoms with Crippen molar-refractivity contribution < 1.29 is 14.3 Å². The molecule has 1 atom stereocenters. The summed E-state index contributed by atoms with van der Waals surface area (Å²) in [6, 6.07) is 1.25. The predicted molar refractivity (Wildman–Crippen MR) is 86.7 cm³/mol. The van der Waals surface area contributed by atoms with Gasteiger partial charge in [0.1, 0.15) is 9.94 Å². The third-order valence-electron chi connectivity index (χ3n) is 2.60. The average Bonchev–Trinajstić information content (AvgIpc) is 2.65. The molecule has 0 fully saturated rings. The van der Waals surface area contributed by atoms with Gasteiger partial charge in [-0.2, -0.15) is 0 Å². The molecule has 1 amide bonds. The summed E-state index contributed by atoms with van der Waals surface area (Å²) in [5.41, 5.74) is -0.174. The fourth-order valence-electron chi connectivity index (χ4n) is 1.64. The molecule has 1 heterocycles. The summed E-state index contributed by atoms with van der Waals surface area (Å²) in [6.45, 7) is 7.24. The third kappa shape index (κ3) is 6.24. The molecule has 118 valence electrons. The highest BCUT2D eigenvalue weighted by atomic mass is 35.5. The zero-order valence-electron chi connectivity index (χ0n) is 12.5. The first-order valence-electron chi connectivity index (χ1n) is 6.60. The maximum absolute atomic E-state index is 12.2. The van der Waals surface area contributed by atoms with Crippen molar-refractivity contribution >= 4 is 46.4 Å². The smallest absolute Gasteiger partial charge is 0.407 e. The first kappa shape index (κ1) is 18.3. The lowest BCUT2D eigenvalue weighted by atomic mass is 10.0. The molecule has 1 rings (SSSR count). The van der Waals surface area contributed by atoms with E-state index in [0.717, 1.165) is 11.3 Å². The molecule has 0 spiro atoms. The lowest BCUT2D eigenvalue weighted by Crippen LogP contribution is -2.39. The molecule has 1 aromatic rings. The number of ether oxygens (including phenoxy) is 1. The zero-order chi connectivity index (χ0) is 16.2. The second-order valence-corrected chi connectivity index (χ2v) is 7.90. The van der Waals surface area contributed by atoms with Gasteiger partial charge in [0, 0.05) is 18.0 Å². The van der Waals surface area contributed by atoms with Gasteiger partial charge in [0.15, 0.2) is 5.78 Å². The number of ketones is 1. The Morgan fingerprint density at radius 2 is 2.00 bits per heavy atom. The summed E-state index contributed by atoms with van der Waals surface area (Å²) in [7, 11) is 0. The van der Waals surface area contributed by atoms with Gasteiger partial charge in [0.2, 0.25) is 0 Å². The highest BCUT2D eigenvalue weighted by Crippen LogP contribution is 2.32. The van der Waals surface area contributed by atoms with Crippen LogP contribution in [0.25, 0.3) is 0 Å². The molecule has 1 N–H and O–H groups in total. The molecule has 4 nitrogen and oxygen atoms in total. The van der Waals surface area contributed by atoms with Gasteiger partial charge >= 0.3 is 6.09 Å². The van der Waals surface area contributed by atoms with Crippen molar-refractivity contribution in [2.75, 3.05) is 0 Å². The van der Waals surface area contributed by atoms with Crippen LogP contribution in [0.4, 0.5) is 4.79 Å². The summed E-state index contributed by atoms with van der Waals surface area (Å²) < 4.78 is 6.02. The van der Waals surface area contributed by atoms with Crippen molar-refractivity contribution in [3.8, 4) is 0 Å². The molecule has 1 aromatic heterocycles. The van der Waals surface area contributed by atoms with Gasteiger partial charge in [-0.25, -0.2) is 4.79 Å². The fourth-order valence-corrected chi connectivity index (χ4v) is 3.13. The van der Waals surface area contributed by atoms with Gasteiger partial charge in [0.25, 0.3) is 0 Å². The minimum Gasteiger partial charge on any atom is -0.444 e. The lowest BCUT2D eigenvalue weighted by Gasteiger charge is -2.22. The van der Waals surface area contributed by atoms with Crippen LogP contribution in [0.15, 0.2) is 6.07 Å². The Morgan fingerprint density at radius 3 is 2.43 bits per heavy atom. The molecule has 0 saturated carbocycles. The number of carbonyl (C=O) groups is 2. The summed E-state index contributed by atoms with van der Waals surface area (Å²) in [5.74, 6) is -0.147. The number of thiophene rings is 1. The molecule has 0 radical (unpaired) electrons. The number of hydrogen-bond donors (Lipinski definition) is 1. The molecule has 1 unspecified atom stereocenters. The van der Waals surface area contributed by atoms with Gasteiger partial charge in [-0.05, 0) is 33.3 Å². The summed E-state index contributed by atoms with van der Waals surface area (Å²) in [6.07, 6.45) is 0.236. The maximum atomic E-state index is 12.2. The van der Waals surface area contributed by atoms with Crippen molar-refractivity contribution in [2.24, 2.45) is 0 Å². The van der Waals surface area contributed by atoms with Crippen molar-refractivity contribution in [3.63, 3.8) is 0 Å². The van der Waals surface area contributed by atoms with E-state index in [2.05, 4.69) is 5.32 Å². The lowest BCUT2D eigenvalue weighted by molar-refractivity contribution is 0.0500. The van der Waals surface area contributed by atoms with E-state index in [9.17, 15) is 9.59 Å². The minimum absolute atomic E-state index is 0.147. The van der Waals surface area contributed by atoms with Gasteiger partial charge in [-0.3, -0.25) is 4.79 Å². The third-order valence-corrected chi connectivity index (χ3v) is 4.09. The Bertz CT molecular complexity index is 523. The molecule has 0 saturated heterocycles. The number of nitrogens with one attached hydrogen (secondary N) is 1. The highest BCUT2D eigenvalue weighted by molar-refractivity contribution is 7.20. The van der Waals surface area contributed by atoms with Crippen LogP contribution in [0.5, 0.6) is 0 Å². The quantitative estimate of drug-likeness (QED) is 0.765. The monoisotopic (exact) mass is 351 g/mol. The Kier molecular flexibility index (Phi) is 6.50. The van der Waals surface area contributed by atoms with E-state index in [4.69, 9.17) is 27.9 Å². The molecule has 0 bridgehead atoms. The number of halogens is 2. The molecule has 0 aromatic carbocycles. The molecule has 21 heavy (non-hydrogen) atoms.